The van der Waals surface area contributed by atoms with Crippen LogP contribution in [0.1, 0.15) is 44.4 Å². The topological polar surface area (TPSA) is 55.8 Å². The summed E-state index contributed by atoms with van der Waals surface area (Å²) in [7, 11) is 0. The normalized spacial score (nSPS) is 23.4. The first-order valence-corrected chi connectivity index (χ1v) is 11.5. The Bertz CT molecular complexity index is 976. The lowest BCUT2D eigenvalue weighted by Crippen LogP contribution is -2.49. The van der Waals surface area contributed by atoms with E-state index in [9.17, 15) is 9.90 Å². The molecule has 0 spiro atoms. The zero-order valence-corrected chi connectivity index (χ0v) is 19.7. The quantitative estimate of drug-likeness (QED) is 0.395. The number of hydrogen-bond donors (Lipinski definition) is 1. The molecule has 3 aromatic rings. The van der Waals surface area contributed by atoms with Crippen molar-refractivity contribution >= 4 is 5.97 Å². The first-order chi connectivity index (χ1) is 15.7. The highest BCUT2D eigenvalue weighted by molar-refractivity contribution is 5.80. The third-order valence-corrected chi connectivity index (χ3v) is 7.43. The Labute approximate surface area is 196 Å². The van der Waals surface area contributed by atoms with Crippen LogP contribution in [0, 0.1) is 11.3 Å². The Kier molecular flexibility index (Phi) is 6.17. The van der Waals surface area contributed by atoms with Gasteiger partial charge in [-0.05, 0) is 37.5 Å². The van der Waals surface area contributed by atoms with Crippen molar-refractivity contribution in [3.05, 3.63) is 108 Å². The zero-order chi connectivity index (χ0) is 23.7. The molecule has 1 fully saturated rings. The molecule has 0 bridgehead atoms. The molecule has 1 aliphatic rings. The second kappa shape index (κ2) is 8.77. The highest BCUT2D eigenvalue weighted by atomic mass is 16.6. The standard InChI is InChI=1S/C29H32O4/c1-21-25(33-26(30)28(21,4)27(2,3)31)20-32-29(22-14-8-5-9-15-22,23-16-10-6-11-17-23)24-18-12-7-13-19-24/h5-19,21,25,31H,20H2,1-4H3/t21-,25-,28+/m1/s1. The van der Waals surface area contributed by atoms with Gasteiger partial charge in [-0.1, -0.05) is 97.9 Å². The van der Waals surface area contributed by atoms with E-state index in [0.717, 1.165) is 16.7 Å². The zero-order valence-electron chi connectivity index (χ0n) is 19.7. The first-order valence-electron chi connectivity index (χ1n) is 11.5. The van der Waals surface area contributed by atoms with Crippen molar-refractivity contribution in [2.24, 2.45) is 11.3 Å². The number of carbonyl (C=O) groups excluding carboxylic acids is 1. The summed E-state index contributed by atoms with van der Waals surface area (Å²) in [4.78, 5) is 12.9. The maximum Gasteiger partial charge on any atom is 0.315 e. The minimum Gasteiger partial charge on any atom is -0.459 e. The molecule has 33 heavy (non-hydrogen) atoms. The highest BCUT2D eigenvalue weighted by Crippen LogP contribution is 2.48. The molecular weight excluding hydrogens is 412 g/mol. The summed E-state index contributed by atoms with van der Waals surface area (Å²) in [5, 5.41) is 10.8. The molecule has 0 saturated carbocycles. The predicted octanol–water partition coefficient (Wildman–Crippen LogP) is 5.33. The Hall–Kier alpha value is -2.95. The van der Waals surface area contributed by atoms with Crippen LogP contribution in [0.2, 0.25) is 0 Å². The summed E-state index contributed by atoms with van der Waals surface area (Å²) >= 11 is 0. The predicted molar refractivity (Wildman–Crippen MR) is 129 cm³/mol. The lowest BCUT2D eigenvalue weighted by atomic mass is 9.67. The van der Waals surface area contributed by atoms with Crippen molar-refractivity contribution in [1.82, 2.24) is 0 Å². The summed E-state index contributed by atoms with van der Waals surface area (Å²) < 4.78 is 12.6. The SMILES string of the molecule is C[C@@H]1[C@@H](COC(c2ccccc2)(c2ccccc2)c2ccccc2)OC(=O)[C@@]1(C)C(C)(C)O. The number of esters is 1. The van der Waals surface area contributed by atoms with E-state index >= 15 is 0 Å². The van der Waals surface area contributed by atoms with Crippen LogP contribution in [-0.2, 0) is 19.9 Å². The number of aliphatic hydroxyl groups is 1. The molecule has 4 rings (SSSR count). The smallest absolute Gasteiger partial charge is 0.315 e. The Morgan fingerprint density at radius 3 is 1.58 bits per heavy atom. The van der Waals surface area contributed by atoms with Crippen LogP contribution in [-0.4, -0.2) is 29.4 Å². The minimum absolute atomic E-state index is 0.192. The molecule has 3 atom stereocenters. The Balaban J connectivity index is 1.78. The molecule has 172 valence electrons. The van der Waals surface area contributed by atoms with Gasteiger partial charge in [0.05, 0.1) is 17.6 Å². The second-order valence-corrected chi connectivity index (χ2v) is 9.58. The van der Waals surface area contributed by atoms with E-state index in [-0.39, 0.29) is 18.5 Å². The second-order valence-electron chi connectivity index (χ2n) is 9.58. The molecular formula is C29H32O4. The van der Waals surface area contributed by atoms with Crippen molar-refractivity contribution in [3.63, 3.8) is 0 Å². The molecule has 0 radical (unpaired) electrons. The molecule has 3 aromatic carbocycles. The van der Waals surface area contributed by atoms with Crippen LogP contribution < -0.4 is 0 Å². The maximum absolute atomic E-state index is 12.9. The van der Waals surface area contributed by atoms with E-state index in [1.54, 1.807) is 20.8 Å². The van der Waals surface area contributed by atoms with E-state index in [1.165, 1.54) is 0 Å². The molecule has 4 heteroatoms. The van der Waals surface area contributed by atoms with Crippen molar-refractivity contribution in [3.8, 4) is 0 Å². The number of rotatable bonds is 7. The molecule has 0 amide bonds. The van der Waals surface area contributed by atoms with Crippen LogP contribution in [0.5, 0.6) is 0 Å². The fourth-order valence-electron chi connectivity index (χ4n) is 4.88. The number of carbonyl (C=O) groups is 1. The molecule has 1 N–H and O–H groups in total. The number of hydrogen-bond acceptors (Lipinski definition) is 4. The van der Waals surface area contributed by atoms with Gasteiger partial charge in [0, 0.05) is 5.92 Å². The van der Waals surface area contributed by atoms with Gasteiger partial charge in [-0.25, -0.2) is 0 Å². The van der Waals surface area contributed by atoms with Gasteiger partial charge in [-0.3, -0.25) is 4.79 Å². The third kappa shape index (κ3) is 3.88. The molecule has 4 nitrogen and oxygen atoms in total. The summed E-state index contributed by atoms with van der Waals surface area (Å²) in [5.74, 6) is -0.620. The van der Waals surface area contributed by atoms with Gasteiger partial charge in [0.2, 0.25) is 0 Å². The Morgan fingerprint density at radius 2 is 1.24 bits per heavy atom. The average molecular weight is 445 g/mol. The lowest BCUT2D eigenvalue weighted by molar-refractivity contribution is -0.160. The van der Waals surface area contributed by atoms with Crippen LogP contribution >= 0.6 is 0 Å². The summed E-state index contributed by atoms with van der Waals surface area (Å²) in [6, 6.07) is 30.3. The third-order valence-electron chi connectivity index (χ3n) is 7.43. The van der Waals surface area contributed by atoms with E-state index in [0.29, 0.717) is 0 Å². The van der Waals surface area contributed by atoms with Crippen molar-refractivity contribution < 1.29 is 19.4 Å². The monoisotopic (exact) mass is 444 g/mol. The van der Waals surface area contributed by atoms with Gasteiger partial charge in [-0.2, -0.15) is 0 Å². The molecule has 1 aliphatic heterocycles. The van der Waals surface area contributed by atoms with Gasteiger partial charge < -0.3 is 14.6 Å². The molecule has 1 heterocycles. The van der Waals surface area contributed by atoms with E-state index in [1.807, 2.05) is 61.5 Å². The fourth-order valence-corrected chi connectivity index (χ4v) is 4.88. The van der Waals surface area contributed by atoms with Crippen LogP contribution in [0.15, 0.2) is 91.0 Å². The van der Waals surface area contributed by atoms with Gasteiger partial charge in [-0.15, -0.1) is 0 Å². The van der Waals surface area contributed by atoms with E-state index < -0.39 is 22.7 Å². The maximum atomic E-state index is 12.9. The molecule has 0 aromatic heterocycles. The largest absolute Gasteiger partial charge is 0.459 e. The van der Waals surface area contributed by atoms with Crippen LogP contribution in [0.25, 0.3) is 0 Å². The van der Waals surface area contributed by atoms with Gasteiger partial charge >= 0.3 is 5.97 Å². The number of benzene rings is 3. The molecule has 0 unspecified atom stereocenters. The number of ether oxygens (including phenoxy) is 2. The first kappa shape index (κ1) is 23.2. The van der Waals surface area contributed by atoms with Crippen molar-refractivity contribution in [2.45, 2.75) is 45.0 Å². The minimum atomic E-state index is -1.21. The summed E-state index contributed by atoms with van der Waals surface area (Å²) in [5.41, 5.74) is -0.147. The average Bonchev–Trinajstić information content (AvgIpc) is 3.06. The van der Waals surface area contributed by atoms with Crippen LogP contribution in [0.4, 0.5) is 0 Å². The van der Waals surface area contributed by atoms with Crippen molar-refractivity contribution in [2.75, 3.05) is 6.61 Å². The summed E-state index contributed by atoms with van der Waals surface area (Å²) in [6.07, 6.45) is -0.482. The van der Waals surface area contributed by atoms with E-state index in [2.05, 4.69) is 36.4 Å². The lowest BCUT2D eigenvalue weighted by Gasteiger charge is -2.39. The van der Waals surface area contributed by atoms with Crippen LogP contribution in [0.3, 0.4) is 0 Å². The van der Waals surface area contributed by atoms with Gasteiger partial charge in [0.1, 0.15) is 11.7 Å². The van der Waals surface area contributed by atoms with Gasteiger partial charge in [0.15, 0.2) is 0 Å². The van der Waals surface area contributed by atoms with Crippen molar-refractivity contribution in [1.29, 1.82) is 0 Å². The number of cyclic esters (lactones) is 1. The summed E-state index contributed by atoms with van der Waals surface area (Å²) in [6.45, 7) is 7.24. The van der Waals surface area contributed by atoms with Gasteiger partial charge in [0.25, 0.3) is 0 Å². The Morgan fingerprint density at radius 1 is 0.848 bits per heavy atom. The highest BCUT2D eigenvalue weighted by Gasteiger charge is 2.59. The fraction of sp³-hybridized carbons (Fsp3) is 0.345. The molecule has 1 saturated heterocycles. The molecule has 0 aliphatic carbocycles. The van der Waals surface area contributed by atoms with E-state index in [4.69, 9.17) is 9.47 Å².